The van der Waals surface area contributed by atoms with Crippen LogP contribution in [0.4, 0.5) is 51.2 Å². The summed E-state index contributed by atoms with van der Waals surface area (Å²) in [5, 5.41) is 5.38. The van der Waals surface area contributed by atoms with Gasteiger partial charge in [-0.2, -0.15) is 0 Å². The van der Waals surface area contributed by atoms with Gasteiger partial charge in [-0.3, -0.25) is 0 Å². The standard InChI is InChI=1S/C37H27N3.C36H27N3Si.C34H21N3S.3Pt/c1-37(2)33-19-7-6-18-31(33)32-24-36(39-25-34(32)37)27-13-11-17-30(23-27)40(28-14-4-3-5-15-28)29-16-10-12-26(22-29)35-20-8-9-21-38-35;1-40(2)35-20-7-6-18-31(35)32-24-34(38-25-36(32)40)27-13-11-17-30(23-27)39(28-14-4-3-5-15-28)29-16-10-12-26(22-29)33-19-8-9-21-37-33;1-2-12-26(13-3-1)37(27-14-8-10-24(20-27)31-17-6-7-19-35-31)28-15-9-11-25(21-28)32-22-30-29-16-4-5-18-33(29)38-34(30)23-36-32;;;/h2*3-21,24-25H,1-2H3;1-19,22-23H;;;/q3*-2;3*+2. The van der Waals surface area contributed by atoms with Crippen LogP contribution in [0.25, 0.3) is 110 Å². The van der Waals surface area contributed by atoms with Gasteiger partial charge in [0, 0.05) is 64.4 Å². The van der Waals surface area contributed by atoms with E-state index < -0.39 is 8.07 Å². The summed E-state index contributed by atoms with van der Waals surface area (Å²) in [6.07, 6.45) is 11.6. The van der Waals surface area contributed by atoms with Gasteiger partial charge in [-0.05, 0) is 183 Å². The number of rotatable bonds is 15. The molecule has 0 amide bonds. The minimum absolute atomic E-state index is 0. The largest absolute Gasteiger partial charge is 2.00 e. The molecule has 2 aliphatic rings. The van der Waals surface area contributed by atoms with Gasteiger partial charge in [0.1, 0.15) is 8.07 Å². The summed E-state index contributed by atoms with van der Waals surface area (Å²) in [6, 6.07) is 141. The van der Waals surface area contributed by atoms with Gasteiger partial charge in [-0.15, -0.1) is 190 Å². The number of para-hydroxylation sites is 3. The van der Waals surface area contributed by atoms with Gasteiger partial charge in [0.15, 0.2) is 0 Å². The van der Waals surface area contributed by atoms with E-state index in [4.69, 9.17) is 15.0 Å². The van der Waals surface area contributed by atoms with Gasteiger partial charge >= 0.3 is 63.2 Å². The van der Waals surface area contributed by atoms with Gasteiger partial charge in [-0.1, -0.05) is 203 Å². The molecule has 9 nitrogen and oxygen atoms in total. The Balaban J connectivity index is 0.000000133. The van der Waals surface area contributed by atoms with Crippen molar-refractivity contribution >= 4 is 101 Å². The molecule has 19 aromatic rings. The normalized spacial score (nSPS) is 12.1. The number of thiophene rings is 1. The fraction of sp³-hybridized carbons (Fsp3) is 0.0467. The van der Waals surface area contributed by atoms with Gasteiger partial charge in [0.2, 0.25) is 0 Å². The Hall–Kier alpha value is -12.6. The van der Waals surface area contributed by atoms with Crippen LogP contribution in [0, 0.1) is 36.4 Å². The van der Waals surface area contributed by atoms with E-state index in [-0.39, 0.29) is 68.6 Å². The molecule has 21 rings (SSSR count). The minimum atomic E-state index is -1.75. The number of benzene rings is 12. The van der Waals surface area contributed by atoms with E-state index in [9.17, 15) is 0 Å². The van der Waals surface area contributed by atoms with Crippen LogP contribution >= 0.6 is 11.3 Å². The molecular formula is C107H75N9Pt3SSi. The van der Waals surface area contributed by atoms with Crippen LogP contribution in [0.2, 0.25) is 13.1 Å². The first-order valence-corrected chi connectivity index (χ1v) is 43.3. The predicted octanol–water partition coefficient (Wildman–Crippen LogP) is 26.1. The molecule has 0 bridgehead atoms. The van der Waals surface area contributed by atoms with Crippen LogP contribution in [0.1, 0.15) is 25.0 Å². The number of aromatic nitrogens is 6. The fourth-order valence-electron chi connectivity index (χ4n) is 16.2. The number of fused-ring (bicyclic) bond motifs is 9. The summed E-state index contributed by atoms with van der Waals surface area (Å²) < 4.78 is 2.47. The van der Waals surface area contributed by atoms with Crippen LogP contribution in [0.5, 0.6) is 0 Å². The second-order valence-electron chi connectivity index (χ2n) is 30.1. The molecule has 1 aliphatic carbocycles. The van der Waals surface area contributed by atoms with Crippen molar-refractivity contribution in [2.45, 2.75) is 32.4 Å². The minimum Gasteiger partial charge on any atom is -0.346 e. The number of pyridine rings is 6. The predicted molar refractivity (Wildman–Crippen MR) is 488 cm³/mol. The molecule has 588 valence electrons. The molecule has 7 aromatic heterocycles. The Morgan fingerprint density at radius 2 is 0.620 bits per heavy atom. The van der Waals surface area contributed by atoms with Crippen LogP contribution in [0.3, 0.4) is 0 Å². The maximum Gasteiger partial charge on any atom is 2.00 e. The summed E-state index contributed by atoms with van der Waals surface area (Å²) in [6.45, 7) is 9.39. The van der Waals surface area contributed by atoms with E-state index in [1.165, 1.54) is 63.9 Å². The van der Waals surface area contributed by atoms with Gasteiger partial charge in [0.05, 0.1) is 4.70 Å². The van der Waals surface area contributed by atoms with Gasteiger partial charge < -0.3 is 44.6 Å². The SMILES string of the molecule is CC1(C)c2ccccc2-c2cc(-c3[c-]c(N(c4[c-]c(-c5ccccn5)ccc4)c4ccccc4)ccc3)ncc21.C[Si]1(C)c2ccccc2-c2cc(-c3[c-]c(N(c4[c-]c(-c5ccccn5)ccc4)c4ccccc4)ccc3)ncc21.[Pt+2].[Pt+2].[Pt+2].[c-]1c(-c2ccccn2)cccc1N(c1[c-]c(-c2cc3c(cn2)sc2ccccc23)ccc1)c1ccccc1. The fourth-order valence-corrected chi connectivity index (χ4v) is 20.2. The van der Waals surface area contributed by atoms with E-state index in [0.717, 1.165) is 119 Å². The molecule has 0 fully saturated rings. The summed E-state index contributed by atoms with van der Waals surface area (Å²) in [5.41, 5.74) is 27.5. The number of hydrogen-bond donors (Lipinski definition) is 0. The number of hydrogen-bond acceptors (Lipinski definition) is 10. The van der Waals surface area contributed by atoms with Crippen molar-refractivity contribution in [2.24, 2.45) is 0 Å². The molecule has 0 radical (unpaired) electrons. The molecule has 14 heteroatoms. The maximum absolute atomic E-state index is 4.97. The first kappa shape index (κ1) is 82.2. The number of anilines is 9. The topological polar surface area (TPSA) is 87.1 Å². The van der Waals surface area contributed by atoms with Crippen molar-refractivity contribution in [1.82, 2.24) is 29.9 Å². The molecule has 8 heterocycles. The summed E-state index contributed by atoms with van der Waals surface area (Å²) in [5.74, 6) is 0. The average Bonchev–Trinajstić information content (AvgIpc) is 1.59. The van der Waals surface area contributed by atoms with E-state index in [1.807, 2.05) is 140 Å². The quantitative estimate of drug-likeness (QED) is 0.0736. The maximum atomic E-state index is 4.97. The third-order valence-electron chi connectivity index (χ3n) is 22.0. The molecule has 0 atom stereocenters. The monoisotopic (exact) mass is 2130 g/mol. The van der Waals surface area contributed by atoms with Crippen molar-refractivity contribution in [3.05, 3.63) is 430 Å². The first-order chi connectivity index (χ1) is 58.0. The summed E-state index contributed by atoms with van der Waals surface area (Å²) in [7, 11) is -1.75. The first-order valence-electron chi connectivity index (χ1n) is 39.5. The number of nitrogens with zero attached hydrogens (tertiary/aromatic N) is 9. The van der Waals surface area contributed by atoms with E-state index in [1.54, 1.807) is 11.3 Å². The molecule has 1 aliphatic heterocycles. The van der Waals surface area contributed by atoms with E-state index in [2.05, 4.69) is 336 Å². The second-order valence-corrected chi connectivity index (χ2v) is 35.5. The van der Waals surface area contributed by atoms with Crippen molar-refractivity contribution in [3.8, 4) is 89.8 Å². The Labute approximate surface area is 754 Å². The molecule has 0 spiro atoms. The van der Waals surface area contributed by atoms with Crippen LogP contribution in [0.15, 0.2) is 383 Å². The van der Waals surface area contributed by atoms with Crippen molar-refractivity contribution < 1.29 is 63.2 Å². The summed E-state index contributed by atoms with van der Waals surface area (Å²) >= 11 is 1.78. The van der Waals surface area contributed by atoms with Crippen molar-refractivity contribution in [1.29, 1.82) is 0 Å². The Morgan fingerprint density at radius 3 is 1.06 bits per heavy atom. The average molecular weight is 2130 g/mol. The van der Waals surface area contributed by atoms with Crippen LogP contribution < -0.4 is 25.1 Å². The van der Waals surface area contributed by atoms with Crippen LogP contribution in [-0.2, 0) is 68.6 Å². The molecule has 12 aromatic carbocycles. The summed E-state index contributed by atoms with van der Waals surface area (Å²) in [4.78, 5) is 34.9. The molecule has 0 unspecified atom stereocenters. The second kappa shape index (κ2) is 36.2. The molecule has 121 heavy (non-hydrogen) atoms. The zero-order chi connectivity index (χ0) is 79.5. The third kappa shape index (κ3) is 16.7. The van der Waals surface area contributed by atoms with E-state index >= 15 is 0 Å². The molecular weight excluding hydrogens is 2060 g/mol. The third-order valence-corrected chi connectivity index (χ3v) is 26.7. The molecule has 0 saturated heterocycles. The smallest absolute Gasteiger partial charge is 0.346 e. The van der Waals surface area contributed by atoms with Gasteiger partial charge in [0.25, 0.3) is 0 Å². The molecule has 0 N–H and O–H groups in total. The Morgan fingerprint density at radius 1 is 0.264 bits per heavy atom. The van der Waals surface area contributed by atoms with E-state index in [0.29, 0.717) is 0 Å². The van der Waals surface area contributed by atoms with Crippen molar-refractivity contribution in [2.75, 3.05) is 14.7 Å². The Bertz CT molecular complexity index is 6590. The zero-order valence-electron chi connectivity index (χ0n) is 66.3. The zero-order valence-corrected chi connectivity index (χ0v) is 74.9. The van der Waals surface area contributed by atoms with Crippen LogP contribution in [-0.4, -0.2) is 38.0 Å². The Kier molecular flexibility index (Phi) is 24.6. The molecule has 0 saturated carbocycles. The van der Waals surface area contributed by atoms with Crippen molar-refractivity contribution in [3.63, 3.8) is 0 Å². The van der Waals surface area contributed by atoms with Gasteiger partial charge in [-0.25, -0.2) is 0 Å².